The molecule has 3 aromatic rings. The van der Waals surface area contributed by atoms with Gasteiger partial charge in [0.2, 0.25) is 5.91 Å². The van der Waals surface area contributed by atoms with E-state index in [9.17, 15) is 9.59 Å². The molecule has 0 aliphatic carbocycles. The first-order chi connectivity index (χ1) is 13.7. The van der Waals surface area contributed by atoms with E-state index in [1.165, 1.54) is 11.8 Å². The smallest absolute Gasteiger partial charge is 0.321 e. The summed E-state index contributed by atoms with van der Waals surface area (Å²) in [4.78, 5) is 36.1. The first-order valence-corrected chi connectivity index (χ1v) is 10.1. The molecule has 1 fully saturated rings. The number of aromatic nitrogens is 2. The van der Waals surface area contributed by atoms with Crippen LogP contribution in [0.1, 0.15) is 0 Å². The normalized spacial score (nSPS) is 14.3. The minimum Gasteiger partial charge on any atom is -0.338 e. The van der Waals surface area contributed by atoms with E-state index in [0.717, 1.165) is 21.9 Å². The number of fused-ring (bicyclic) bond motifs is 1. The van der Waals surface area contributed by atoms with E-state index in [2.05, 4.69) is 15.3 Å². The second kappa shape index (κ2) is 8.35. The van der Waals surface area contributed by atoms with E-state index in [4.69, 9.17) is 0 Å². The zero-order chi connectivity index (χ0) is 19.3. The van der Waals surface area contributed by atoms with Gasteiger partial charge in [-0.2, -0.15) is 0 Å². The Labute approximate surface area is 167 Å². The summed E-state index contributed by atoms with van der Waals surface area (Å²) in [7, 11) is 0. The number of hydrogen-bond donors (Lipinski definition) is 2. The second-order valence-electron chi connectivity index (χ2n) is 6.51. The Morgan fingerprint density at radius 1 is 0.964 bits per heavy atom. The first-order valence-electron chi connectivity index (χ1n) is 9.15. The van der Waals surface area contributed by atoms with Gasteiger partial charge in [-0.3, -0.25) is 4.79 Å². The molecule has 0 saturated carbocycles. The molecular formula is C20H21N5O2S. The summed E-state index contributed by atoms with van der Waals surface area (Å²) >= 11 is 1.41. The van der Waals surface area contributed by atoms with Crippen LogP contribution in [0.4, 0.5) is 10.5 Å². The van der Waals surface area contributed by atoms with E-state index in [0.29, 0.717) is 31.9 Å². The van der Waals surface area contributed by atoms with Crippen molar-refractivity contribution in [2.75, 3.05) is 37.2 Å². The number of amides is 3. The highest BCUT2D eigenvalue weighted by Crippen LogP contribution is 2.20. The van der Waals surface area contributed by atoms with Crippen LogP contribution in [0.3, 0.4) is 0 Å². The van der Waals surface area contributed by atoms with E-state index in [1.807, 2.05) is 59.5 Å². The van der Waals surface area contributed by atoms with Gasteiger partial charge in [-0.25, -0.2) is 9.78 Å². The monoisotopic (exact) mass is 395 g/mol. The molecule has 1 aliphatic rings. The van der Waals surface area contributed by atoms with Crippen molar-refractivity contribution < 1.29 is 9.59 Å². The lowest BCUT2D eigenvalue weighted by atomic mass is 10.3. The number of imidazole rings is 1. The molecule has 2 aromatic carbocycles. The van der Waals surface area contributed by atoms with Crippen LogP contribution in [0, 0.1) is 0 Å². The van der Waals surface area contributed by atoms with Crippen molar-refractivity contribution in [3.05, 3.63) is 54.6 Å². The second-order valence-corrected chi connectivity index (χ2v) is 7.48. The van der Waals surface area contributed by atoms with E-state index in [1.54, 1.807) is 4.90 Å². The molecule has 2 N–H and O–H groups in total. The third kappa shape index (κ3) is 4.28. The average Bonchev–Trinajstić information content (AvgIpc) is 3.16. The molecule has 7 nitrogen and oxygen atoms in total. The number of para-hydroxylation sites is 3. The molecule has 1 saturated heterocycles. The molecular weight excluding hydrogens is 374 g/mol. The largest absolute Gasteiger partial charge is 0.338 e. The standard InChI is InChI=1S/C20H21N5O2S/c26-18(14-28-19-22-16-8-4-5-9-17(16)23-19)24-10-12-25(13-11-24)20(27)21-15-6-2-1-3-7-15/h1-9H,10-14H2,(H,21,27)(H,22,23). The van der Waals surface area contributed by atoms with Crippen LogP contribution in [-0.2, 0) is 4.79 Å². The van der Waals surface area contributed by atoms with Crippen molar-refractivity contribution in [3.8, 4) is 0 Å². The predicted octanol–water partition coefficient (Wildman–Crippen LogP) is 3.03. The van der Waals surface area contributed by atoms with E-state index >= 15 is 0 Å². The topological polar surface area (TPSA) is 81.3 Å². The molecule has 144 valence electrons. The summed E-state index contributed by atoms with van der Waals surface area (Å²) in [5.74, 6) is 0.393. The Hall–Kier alpha value is -3.00. The fraction of sp³-hybridized carbons (Fsp3) is 0.250. The number of carbonyl (C=O) groups is 2. The number of H-pyrrole nitrogens is 1. The molecule has 0 bridgehead atoms. The maximum Gasteiger partial charge on any atom is 0.321 e. The first kappa shape index (κ1) is 18.4. The predicted molar refractivity (Wildman–Crippen MR) is 110 cm³/mol. The molecule has 8 heteroatoms. The Bertz CT molecular complexity index is 934. The average molecular weight is 395 g/mol. The molecule has 0 spiro atoms. The number of rotatable bonds is 4. The van der Waals surface area contributed by atoms with Gasteiger partial charge in [-0.1, -0.05) is 42.1 Å². The maximum absolute atomic E-state index is 12.5. The molecule has 28 heavy (non-hydrogen) atoms. The SMILES string of the molecule is O=C(CSc1nc2ccccc2[nH]1)N1CCN(C(=O)Nc2ccccc2)CC1. The van der Waals surface area contributed by atoms with Crippen molar-refractivity contribution in [3.63, 3.8) is 0 Å². The summed E-state index contributed by atoms with van der Waals surface area (Å²) < 4.78 is 0. The van der Waals surface area contributed by atoms with Gasteiger partial charge in [-0.05, 0) is 24.3 Å². The summed E-state index contributed by atoms with van der Waals surface area (Å²) in [6.07, 6.45) is 0. The molecule has 4 rings (SSSR count). The third-order valence-corrected chi connectivity index (χ3v) is 5.50. The molecule has 1 aromatic heterocycles. The lowest BCUT2D eigenvalue weighted by molar-refractivity contribution is -0.129. The Morgan fingerprint density at radius 3 is 2.39 bits per heavy atom. The highest BCUT2D eigenvalue weighted by Gasteiger charge is 2.24. The van der Waals surface area contributed by atoms with Crippen molar-refractivity contribution in [1.29, 1.82) is 0 Å². The summed E-state index contributed by atoms with van der Waals surface area (Å²) in [5.41, 5.74) is 2.64. The van der Waals surface area contributed by atoms with E-state index < -0.39 is 0 Å². The van der Waals surface area contributed by atoms with Gasteiger partial charge < -0.3 is 20.1 Å². The Morgan fingerprint density at radius 2 is 1.64 bits per heavy atom. The zero-order valence-electron chi connectivity index (χ0n) is 15.3. The lowest BCUT2D eigenvalue weighted by Gasteiger charge is -2.34. The highest BCUT2D eigenvalue weighted by molar-refractivity contribution is 7.99. The number of piperazine rings is 1. The number of nitrogens with one attached hydrogen (secondary N) is 2. The van der Waals surface area contributed by atoms with Crippen molar-refractivity contribution in [1.82, 2.24) is 19.8 Å². The molecule has 1 aliphatic heterocycles. The number of nitrogens with zero attached hydrogens (tertiary/aromatic N) is 3. The van der Waals surface area contributed by atoms with Crippen LogP contribution < -0.4 is 5.32 Å². The Kier molecular flexibility index (Phi) is 5.48. The van der Waals surface area contributed by atoms with Gasteiger partial charge in [0.15, 0.2) is 5.16 Å². The van der Waals surface area contributed by atoms with Gasteiger partial charge >= 0.3 is 6.03 Å². The number of benzene rings is 2. The molecule has 2 heterocycles. The van der Waals surface area contributed by atoms with Gasteiger partial charge in [0.1, 0.15) is 0 Å². The number of carbonyl (C=O) groups excluding carboxylic acids is 2. The van der Waals surface area contributed by atoms with Gasteiger partial charge in [0.05, 0.1) is 16.8 Å². The summed E-state index contributed by atoms with van der Waals surface area (Å²) in [6.45, 7) is 2.14. The van der Waals surface area contributed by atoms with Crippen LogP contribution in [0.5, 0.6) is 0 Å². The van der Waals surface area contributed by atoms with Crippen molar-refractivity contribution in [2.45, 2.75) is 5.16 Å². The zero-order valence-corrected chi connectivity index (χ0v) is 16.1. The van der Waals surface area contributed by atoms with Crippen LogP contribution >= 0.6 is 11.8 Å². The number of aromatic amines is 1. The third-order valence-electron chi connectivity index (χ3n) is 4.64. The fourth-order valence-corrected chi connectivity index (χ4v) is 3.89. The van der Waals surface area contributed by atoms with Gasteiger partial charge in [-0.15, -0.1) is 0 Å². The quantitative estimate of drug-likeness (QED) is 0.666. The number of urea groups is 1. The minimum atomic E-state index is -0.130. The molecule has 0 atom stereocenters. The number of hydrogen-bond acceptors (Lipinski definition) is 4. The fourth-order valence-electron chi connectivity index (χ4n) is 3.10. The molecule has 0 radical (unpaired) electrons. The minimum absolute atomic E-state index is 0.0635. The van der Waals surface area contributed by atoms with Gasteiger partial charge in [0, 0.05) is 31.9 Å². The highest BCUT2D eigenvalue weighted by atomic mass is 32.2. The summed E-state index contributed by atoms with van der Waals surface area (Å²) in [5, 5.41) is 3.63. The van der Waals surface area contributed by atoms with Crippen LogP contribution in [-0.4, -0.2) is 63.6 Å². The number of thioether (sulfide) groups is 1. The van der Waals surface area contributed by atoms with E-state index in [-0.39, 0.29) is 11.9 Å². The number of anilines is 1. The summed E-state index contributed by atoms with van der Waals surface area (Å²) in [6, 6.07) is 17.0. The maximum atomic E-state index is 12.5. The molecule has 3 amide bonds. The molecule has 0 unspecified atom stereocenters. The van der Waals surface area contributed by atoms with Crippen molar-refractivity contribution in [2.24, 2.45) is 0 Å². The van der Waals surface area contributed by atoms with Crippen molar-refractivity contribution >= 4 is 40.4 Å². The lowest BCUT2D eigenvalue weighted by Crippen LogP contribution is -2.52. The van der Waals surface area contributed by atoms with Gasteiger partial charge in [0.25, 0.3) is 0 Å². The van der Waals surface area contributed by atoms with Crippen LogP contribution in [0.25, 0.3) is 11.0 Å². The van der Waals surface area contributed by atoms with Crippen LogP contribution in [0.15, 0.2) is 59.8 Å². The Balaban J connectivity index is 1.25. The van der Waals surface area contributed by atoms with Crippen LogP contribution in [0.2, 0.25) is 0 Å².